The van der Waals surface area contributed by atoms with E-state index >= 15 is 0 Å². The van der Waals surface area contributed by atoms with Gasteiger partial charge in [-0.2, -0.15) is 0 Å². The van der Waals surface area contributed by atoms with Gasteiger partial charge in [-0.25, -0.2) is 4.98 Å². The number of carbonyl (C=O) groups is 1. The van der Waals surface area contributed by atoms with E-state index in [2.05, 4.69) is 40.0 Å². The Morgan fingerprint density at radius 2 is 2.12 bits per heavy atom. The molecule has 0 saturated carbocycles. The number of aromatic nitrogens is 2. The molecule has 5 nitrogen and oxygen atoms in total. The Kier molecular flexibility index (Phi) is 4.24. The predicted octanol–water partition coefficient (Wildman–Crippen LogP) is 2.77. The molecule has 128 valence electrons. The number of ether oxygens (including phenoxy) is 1. The molecule has 1 N–H and O–H groups in total. The lowest BCUT2D eigenvalue weighted by Gasteiger charge is -2.26. The van der Waals surface area contributed by atoms with Crippen molar-refractivity contribution < 1.29 is 9.53 Å². The molecule has 0 bridgehead atoms. The highest BCUT2D eigenvalue weighted by molar-refractivity contribution is 5.79. The van der Waals surface area contributed by atoms with Gasteiger partial charge in [-0.1, -0.05) is 36.4 Å². The van der Waals surface area contributed by atoms with Crippen LogP contribution in [0.2, 0.25) is 0 Å². The van der Waals surface area contributed by atoms with E-state index in [0.717, 1.165) is 22.4 Å². The number of nitrogens with one attached hydrogen (secondary N) is 1. The monoisotopic (exact) mass is 335 g/mol. The quantitative estimate of drug-likeness (QED) is 0.798. The van der Waals surface area contributed by atoms with Crippen molar-refractivity contribution in [2.45, 2.75) is 26.0 Å². The van der Waals surface area contributed by atoms with Crippen LogP contribution in [-0.4, -0.2) is 28.6 Å². The van der Waals surface area contributed by atoms with Crippen LogP contribution in [0.5, 0.6) is 0 Å². The molecule has 0 fully saturated rings. The Labute approximate surface area is 146 Å². The molecule has 5 heteroatoms. The van der Waals surface area contributed by atoms with E-state index in [4.69, 9.17) is 4.74 Å². The summed E-state index contributed by atoms with van der Waals surface area (Å²) in [6.07, 6.45) is 0.394. The minimum absolute atomic E-state index is 0.0265. The van der Waals surface area contributed by atoms with Gasteiger partial charge >= 0.3 is 0 Å². The maximum Gasteiger partial charge on any atom is 0.224 e. The van der Waals surface area contributed by atoms with Crippen molar-refractivity contribution >= 4 is 16.9 Å². The van der Waals surface area contributed by atoms with Crippen LogP contribution in [0.15, 0.2) is 48.5 Å². The third kappa shape index (κ3) is 3.28. The molecule has 1 aromatic heterocycles. The average molecular weight is 335 g/mol. The van der Waals surface area contributed by atoms with Crippen LogP contribution in [0.4, 0.5) is 0 Å². The van der Waals surface area contributed by atoms with E-state index in [9.17, 15) is 4.79 Å². The number of hydrogen-bond acceptors (Lipinski definition) is 3. The standard InChI is InChI=1S/C20H21N3O2/c1-14-7-8-18-17(9-14)22-19-13-25-12-16(23(18)19)11-21-20(24)10-15-5-3-2-4-6-15/h2-9,16H,10-13H2,1H3,(H,21,24)/t16-/m0/s1. The van der Waals surface area contributed by atoms with Gasteiger partial charge in [0.15, 0.2) is 0 Å². The molecule has 4 rings (SSSR count). The van der Waals surface area contributed by atoms with E-state index in [-0.39, 0.29) is 11.9 Å². The molecular formula is C20H21N3O2. The number of benzene rings is 2. The molecule has 1 atom stereocenters. The Hall–Kier alpha value is -2.66. The van der Waals surface area contributed by atoms with E-state index in [1.807, 2.05) is 30.3 Å². The molecular weight excluding hydrogens is 314 g/mol. The van der Waals surface area contributed by atoms with Gasteiger partial charge in [0.1, 0.15) is 12.4 Å². The van der Waals surface area contributed by atoms with Crippen LogP contribution in [0.25, 0.3) is 11.0 Å². The molecule has 2 aromatic carbocycles. The first-order chi connectivity index (χ1) is 12.2. The van der Waals surface area contributed by atoms with E-state index in [1.165, 1.54) is 5.56 Å². The second kappa shape index (κ2) is 6.69. The van der Waals surface area contributed by atoms with Crippen LogP contribution in [0.1, 0.15) is 23.0 Å². The summed E-state index contributed by atoms with van der Waals surface area (Å²) in [4.78, 5) is 16.9. The third-order valence-electron chi connectivity index (χ3n) is 4.57. The normalized spacial score (nSPS) is 16.6. The minimum atomic E-state index is 0.0265. The van der Waals surface area contributed by atoms with E-state index < -0.39 is 0 Å². The van der Waals surface area contributed by atoms with E-state index in [1.54, 1.807) is 0 Å². The zero-order chi connectivity index (χ0) is 17.2. The third-order valence-corrected chi connectivity index (χ3v) is 4.57. The van der Waals surface area contributed by atoms with E-state index in [0.29, 0.717) is 26.2 Å². The number of rotatable bonds is 4. The number of aryl methyl sites for hydroxylation is 1. The smallest absolute Gasteiger partial charge is 0.224 e. The summed E-state index contributed by atoms with van der Waals surface area (Å²) in [6.45, 7) is 3.70. The zero-order valence-electron chi connectivity index (χ0n) is 14.2. The lowest BCUT2D eigenvalue weighted by molar-refractivity contribution is -0.120. The molecule has 1 aliphatic heterocycles. The number of carbonyl (C=O) groups excluding carboxylic acids is 1. The molecule has 25 heavy (non-hydrogen) atoms. The van der Waals surface area contributed by atoms with Crippen molar-refractivity contribution in [1.29, 1.82) is 0 Å². The van der Waals surface area contributed by atoms with Crippen molar-refractivity contribution in [3.05, 3.63) is 65.5 Å². The highest BCUT2D eigenvalue weighted by atomic mass is 16.5. The number of imidazole rings is 1. The second-order valence-corrected chi connectivity index (χ2v) is 6.53. The fraction of sp³-hybridized carbons (Fsp3) is 0.300. The zero-order valence-corrected chi connectivity index (χ0v) is 14.2. The molecule has 0 saturated heterocycles. The van der Waals surface area contributed by atoms with Crippen LogP contribution < -0.4 is 5.32 Å². The highest BCUT2D eigenvalue weighted by Crippen LogP contribution is 2.26. The van der Waals surface area contributed by atoms with Crippen LogP contribution in [0, 0.1) is 6.92 Å². The van der Waals surface area contributed by atoms with Crippen molar-refractivity contribution in [2.24, 2.45) is 0 Å². The molecule has 0 aliphatic carbocycles. The number of nitrogens with zero attached hydrogens (tertiary/aromatic N) is 2. The van der Waals surface area contributed by atoms with Crippen molar-refractivity contribution in [3.63, 3.8) is 0 Å². The number of fused-ring (bicyclic) bond motifs is 3. The van der Waals surface area contributed by atoms with Crippen molar-refractivity contribution in [3.8, 4) is 0 Å². The lowest BCUT2D eigenvalue weighted by Crippen LogP contribution is -2.36. The molecule has 0 radical (unpaired) electrons. The molecule has 0 unspecified atom stereocenters. The van der Waals surface area contributed by atoms with Gasteiger partial charge in [-0.15, -0.1) is 0 Å². The Morgan fingerprint density at radius 1 is 1.28 bits per heavy atom. The topological polar surface area (TPSA) is 56.2 Å². The summed E-state index contributed by atoms with van der Waals surface area (Å²) < 4.78 is 7.89. The summed E-state index contributed by atoms with van der Waals surface area (Å²) in [7, 11) is 0. The summed E-state index contributed by atoms with van der Waals surface area (Å²) in [5.74, 6) is 0.952. The Bertz CT molecular complexity index is 902. The van der Waals surface area contributed by atoms with Gasteiger partial charge in [0.25, 0.3) is 0 Å². The van der Waals surface area contributed by atoms with Gasteiger partial charge in [-0.05, 0) is 30.2 Å². The summed E-state index contributed by atoms with van der Waals surface area (Å²) in [5.41, 5.74) is 4.30. The second-order valence-electron chi connectivity index (χ2n) is 6.53. The maximum absolute atomic E-state index is 12.2. The Morgan fingerprint density at radius 3 is 2.96 bits per heavy atom. The van der Waals surface area contributed by atoms with Gasteiger partial charge < -0.3 is 14.6 Å². The summed E-state index contributed by atoms with van der Waals surface area (Å²) in [6, 6.07) is 16.1. The van der Waals surface area contributed by atoms with Crippen molar-refractivity contribution in [1.82, 2.24) is 14.9 Å². The van der Waals surface area contributed by atoms with Crippen LogP contribution in [-0.2, 0) is 22.6 Å². The SMILES string of the molecule is Cc1ccc2c(c1)nc1n2[C@@H](CNC(=O)Cc2ccccc2)COC1. The average Bonchev–Trinajstić information content (AvgIpc) is 2.98. The molecule has 2 heterocycles. The largest absolute Gasteiger partial charge is 0.371 e. The minimum Gasteiger partial charge on any atom is -0.371 e. The number of amides is 1. The van der Waals surface area contributed by atoms with Gasteiger partial charge in [0.2, 0.25) is 5.91 Å². The molecule has 3 aromatic rings. The summed E-state index contributed by atoms with van der Waals surface area (Å²) in [5, 5.41) is 3.04. The fourth-order valence-electron chi connectivity index (χ4n) is 3.35. The molecule has 1 aliphatic rings. The van der Waals surface area contributed by atoms with Crippen LogP contribution in [0.3, 0.4) is 0 Å². The van der Waals surface area contributed by atoms with Gasteiger partial charge in [0.05, 0.1) is 30.1 Å². The van der Waals surface area contributed by atoms with Crippen molar-refractivity contribution in [2.75, 3.05) is 13.2 Å². The first-order valence-electron chi connectivity index (χ1n) is 8.56. The molecule has 0 spiro atoms. The first-order valence-corrected chi connectivity index (χ1v) is 8.56. The van der Waals surface area contributed by atoms with Gasteiger partial charge in [0, 0.05) is 6.54 Å². The molecule has 1 amide bonds. The first kappa shape index (κ1) is 15.8. The predicted molar refractivity (Wildman–Crippen MR) is 96.3 cm³/mol. The highest BCUT2D eigenvalue weighted by Gasteiger charge is 2.24. The van der Waals surface area contributed by atoms with Crippen LogP contribution >= 0.6 is 0 Å². The summed E-state index contributed by atoms with van der Waals surface area (Å²) >= 11 is 0. The Balaban J connectivity index is 1.49. The number of hydrogen-bond donors (Lipinski definition) is 1. The van der Waals surface area contributed by atoms with Gasteiger partial charge in [-0.3, -0.25) is 4.79 Å². The lowest BCUT2D eigenvalue weighted by atomic mass is 10.1. The fourth-order valence-corrected chi connectivity index (χ4v) is 3.35. The maximum atomic E-state index is 12.2.